The van der Waals surface area contributed by atoms with E-state index in [1.807, 2.05) is 18.9 Å². The third kappa shape index (κ3) is 2.40. The van der Waals surface area contributed by atoms with E-state index in [-0.39, 0.29) is 6.61 Å². The summed E-state index contributed by atoms with van der Waals surface area (Å²) in [7, 11) is 1.95. The van der Waals surface area contributed by atoms with Gasteiger partial charge < -0.3 is 10.0 Å². The molecular formula is C12H17N3OS. The second-order valence-corrected chi connectivity index (χ2v) is 5.14. The normalized spacial score (nSPS) is 11.1. The van der Waals surface area contributed by atoms with E-state index in [0.717, 1.165) is 28.3 Å². The van der Waals surface area contributed by atoms with E-state index in [2.05, 4.69) is 23.0 Å². The summed E-state index contributed by atoms with van der Waals surface area (Å²) in [6.45, 7) is 4.76. The van der Waals surface area contributed by atoms with Crippen molar-refractivity contribution in [3.05, 3.63) is 16.8 Å². The molecule has 0 aliphatic rings. The first-order valence-corrected chi connectivity index (χ1v) is 6.56. The molecule has 0 aliphatic heterocycles. The van der Waals surface area contributed by atoms with Crippen molar-refractivity contribution in [3.63, 3.8) is 0 Å². The van der Waals surface area contributed by atoms with Crippen LogP contribution in [0.15, 0.2) is 6.07 Å². The van der Waals surface area contributed by atoms with Crippen LogP contribution >= 0.6 is 11.3 Å². The number of likely N-dealkylation sites (N-methyl/N-ethyl adjacent to an activating group) is 1. The fourth-order valence-electron chi connectivity index (χ4n) is 1.78. The van der Waals surface area contributed by atoms with Crippen molar-refractivity contribution in [1.29, 1.82) is 0 Å². The smallest absolute Gasteiger partial charge is 0.140 e. The Labute approximate surface area is 105 Å². The van der Waals surface area contributed by atoms with Crippen LogP contribution in [0.4, 0.5) is 5.82 Å². The molecule has 2 rings (SSSR count). The van der Waals surface area contributed by atoms with Gasteiger partial charge in [-0.25, -0.2) is 9.97 Å². The molecule has 4 nitrogen and oxygen atoms in total. The van der Waals surface area contributed by atoms with Crippen LogP contribution in [0.2, 0.25) is 0 Å². The summed E-state index contributed by atoms with van der Waals surface area (Å²) in [5.41, 5.74) is 0. The molecule has 2 heterocycles. The van der Waals surface area contributed by atoms with Gasteiger partial charge in [0, 0.05) is 18.5 Å². The van der Waals surface area contributed by atoms with E-state index < -0.39 is 0 Å². The van der Waals surface area contributed by atoms with Gasteiger partial charge in [-0.15, -0.1) is 11.3 Å². The number of aliphatic hydroxyl groups is 1. The van der Waals surface area contributed by atoms with Gasteiger partial charge in [0.25, 0.3) is 0 Å². The molecule has 0 spiro atoms. The van der Waals surface area contributed by atoms with Crippen LogP contribution in [0.1, 0.15) is 17.6 Å². The van der Waals surface area contributed by atoms with Crippen LogP contribution in [-0.4, -0.2) is 35.3 Å². The molecule has 0 saturated carbocycles. The molecule has 5 heteroatoms. The third-order valence-electron chi connectivity index (χ3n) is 2.68. The van der Waals surface area contributed by atoms with E-state index in [1.54, 1.807) is 11.3 Å². The average Bonchev–Trinajstić information content (AvgIpc) is 2.70. The van der Waals surface area contributed by atoms with Crippen molar-refractivity contribution in [2.24, 2.45) is 0 Å². The molecule has 0 unspecified atom stereocenters. The van der Waals surface area contributed by atoms with Gasteiger partial charge in [0.2, 0.25) is 0 Å². The van der Waals surface area contributed by atoms with Gasteiger partial charge in [0.1, 0.15) is 16.5 Å². The number of anilines is 1. The number of thiophene rings is 1. The maximum absolute atomic E-state index is 9.01. The number of fused-ring (bicyclic) bond motifs is 1. The lowest BCUT2D eigenvalue weighted by molar-refractivity contribution is 0.304. The number of aliphatic hydroxyl groups excluding tert-OH is 1. The van der Waals surface area contributed by atoms with Crippen molar-refractivity contribution in [1.82, 2.24) is 9.97 Å². The predicted molar refractivity (Wildman–Crippen MR) is 71.9 cm³/mol. The minimum absolute atomic E-state index is 0.131. The summed E-state index contributed by atoms with van der Waals surface area (Å²) in [6, 6.07) is 2.16. The second-order valence-electron chi connectivity index (χ2n) is 4.02. The van der Waals surface area contributed by atoms with Crippen LogP contribution < -0.4 is 4.90 Å². The van der Waals surface area contributed by atoms with Gasteiger partial charge in [0.05, 0.1) is 12.0 Å². The Morgan fingerprint density at radius 2 is 2.18 bits per heavy atom. The molecule has 1 N–H and O–H groups in total. The molecule has 0 atom stereocenters. The van der Waals surface area contributed by atoms with E-state index in [9.17, 15) is 0 Å². The Morgan fingerprint density at radius 1 is 1.41 bits per heavy atom. The van der Waals surface area contributed by atoms with Gasteiger partial charge in [-0.05, 0) is 19.4 Å². The molecule has 0 aliphatic carbocycles. The van der Waals surface area contributed by atoms with E-state index >= 15 is 0 Å². The van der Waals surface area contributed by atoms with Gasteiger partial charge in [-0.2, -0.15) is 0 Å². The van der Waals surface area contributed by atoms with Crippen molar-refractivity contribution in [2.45, 2.75) is 20.3 Å². The third-order valence-corrected chi connectivity index (χ3v) is 3.85. The highest BCUT2D eigenvalue weighted by Crippen LogP contribution is 2.30. The summed E-state index contributed by atoms with van der Waals surface area (Å²) in [5.74, 6) is 1.69. The first-order chi connectivity index (χ1) is 8.15. The summed E-state index contributed by atoms with van der Waals surface area (Å²) in [6.07, 6.45) is 1.02. The molecular weight excluding hydrogens is 234 g/mol. The fraction of sp³-hybridized carbons (Fsp3) is 0.500. The first-order valence-electron chi connectivity index (χ1n) is 5.74. The Hall–Kier alpha value is -1.20. The summed E-state index contributed by atoms with van der Waals surface area (Å²) in [4.78, 5) is 13.3. The molecule has 17 heavy (non-hydrogen) atoms. The minimum Gasteiger partial charge on any atom is -0.395 e. The minimum atomic E-state index is 0.131. The highest BCUT2D eigenvalue weighted by Gasteiger charge is 2.12. The monoisotopic (exact) mass is 251 g/mol. The number of nitrogens with zero attached hydrogens (tertiary/aromatic N) is 3. The van der Waals surface area contributed by atoms with Crippen LogP contribution in [0, 0.1) is 6.92 Å². The van der Waals surface area contributed by atoms with Crippen LogP contribution in [0.25, 0.3) is 10.2 Å². The van der Waals surface area contributed by atoms with Crippen molar-refractivity contribution in [2.75, 3.05) is 25.1 Å². The van der Waals surface area contributed by atoms with Crippen molar-refractivity contribution in [3.8, 4) is 0 Å². The predicted octanol–water partition coefficient (Wildman–Crippen LogP) is 1.99. The standard InChI is InChI=1S/C12H17N3OS/c1-4-9-7-10-11(15(3)5-6-16)13-8(2)14-12(10)17-9/h7,16H,4-6H2,1-3H3. The number of hydrogen-bond acceptors (Lipinski definition) is 5. The lowest BCUT2D eigenvalue weighted by Crippen LogP contribution is -2.22. The summed E-state index contributed by atoms with van der Waals surface area (Å²) >= 11 is 1.72. The van der Waals surface area contributed by atoms with Gasteiger partial charge in [-0.3, -0.25) is 0 Å². The molecule has 0 aromatic carbocycles. The molecule has 0 radical (unpaired) electrons. The molecule has 0 fully saturated rings. The Morgan fingerprint density at radius 3 is 2.82 bits per heavy atom. The highest BCUT2D eigenvalue weighted by molar-refractivity contribution is 7.18. The molecule has 2 aromatic rings. The van der Waals surface area contributed by atoms with Gasteiger partial charge in [0.15, 0.2) is 0 Å². The summed E-state index contributed by atoms with van der Waals surface area (Å²) < 4.78 is 0. The summed E-state index contributed by atoms with van der Waals surface area (Å²) in [5, 5.41) is 10.1. The second kappa shape index (κ2) is 4.98. The molecule has 0 bridgehead atoms. The zero-order chi connectivity index (χ0) is 12.4. The van der Waals surface area contributed by atoms with E-state index in [1.165, 1.54) is 4.88 Å². The van der Waals surface area contributed by atoms with Gasteiger partial charge in [-0.1, -0.05) is 6.92 Å². The lowest BCUT2D eigenvalue weighted by atomic mass is 10.3. The number of aromatic nitrogens is 2. The topological polar surface area (TPSA) is 49.2 Å². The molecule has 2 aromatic heterocycles. The van der Waals surface area contributed by atoms with Gasteiger partial charge >= 0.3 is 0 Å². The number of aryl methyl sites for hydroxylation is 2. The Kier molecular flexibility index (Phi) is 3.59. The largest absolute Gasteiger partial charge is 0.395 e. The zero-order valence-electron chi connectivity index (χ0n) is 10.4. The van der Waals surface area contributed by atoms with Crippen LogP contribution in [-0.2, 0) is 6.42 Å². The first kappa shape index (κ1) is 12.3. The fourth-order valence-corrected chi connectivity index (χ4v) is 2.79. The maximum atomic E-state index is 9.01. The molecule has 92 valence electrons. The maximum Gasteiger partial charge on any atom is 0.140 e. The van der Waals surface area contributed by atoms with Crippen molar-refractivity contribution >= 4 is 27.4 Å². The lowest BCUT2D eigenvalue weighted by Gasteiger charge is -2.17. The van der Waals surface area contributed by atoms with Crippen LogP contribution in [0.3, 0.4) is 0 Å². The Balaban J connectivity index is 2.55. The van der Waals surface area contributed by atoms with E-state index in [4.69, 9.17) is 5.11 Å². The molecule has 0 saturated heterocycles. The number of rotatable bonds is 4. The SMILES string of the molecule is CCc1cc2c(N(C)CCO)nc(C)nc2s1. The average molecular weight is 251 g/mol. The molecule has 0 amide bonds. The Bertz CT molecular complexity index is 524. The quantitative estimate of drug-likeness (QED) is 0.903. The van der Waals surface area contributed by atoms with E-state index in [0.29, 0.717) is 6.54 Å². The van der Waals surface area contributed by atoms with Crippen molar-refractivity contribution < 1.29 is 5.11 Å². The number of hydrogen-bond donors (Lipinski definition) is 1. The highest BCUT2D eigenvalue weighted by atomic mass is 32.1. The zero-order valence-corrected chi connectivity index (χ0v) is 11.2. The van der Waals surface area contributed by atoms with Crippen LogP contribution in [0.5, 0.6) is 0 Å².